The summed E-state index contributed by atoms with van der Waals surface area (Å²) in [4.78, 5) is 17.1. The van der Waals surface area contributed by atoms with E-state index in [2.05, 4.69) is 16.4 Å². The van der Waals surface area contributed by atoms with Gasteiger partial charge in [-0.25, -0.2) is 4.98 Å². The number of amides is 1. The third kappa shape index (κ3) is 1.96. The van der Waals surface area contributed by atoms with Crippen LogP contribution in [0.3, 0.4) is 0 Å². The molecular formula is C21H14N4O. The van der Waals surface area contributed by atoms with E-state index in [1.54, 1.807) is 0 Å². The van der Waals surface area contributed by atoms with Crippen LogP contribution >= 0.6 is 0 Å². The number of carbonyl (C=O) groups excluding carboxylic acids is 1. The van der Waals surface area contributed by atoms with Crippen LogP contribution in [0, 0.1) is 17.2 Å². The van der Waals surface area contributed by atoms with Gasteiger partial charge in [0, 0.05) is 0 Å². The Morgan fingerprint density at radius 1 is 1.00 bits per heavy atom. The topological polar surface area (TPSA) is 70.7 Å². The van der Waals surface area contributed by atoms with Crippen molar-refractivity contribution in [1.29, 1.82) is 5.26 Å². The molecule has 1 aromatic heterocycles. The Kier molecular flexibility index (Phi) is 3.06. The number of hydrogen-bond acceptors (Lipinski definition) is 3. The highest BCUT2D eigenvalue weighted by atomic mass is 16.2. The van der Waals surface area contributed by atoms with E-state index in [4.69, 9.17) is 0 Å². The number of nitrogens with one attached hydrogen (secondary N) is 1. The minimum absolute atomic E-state index is 0.312. The van der Waals surface area contributed by atoms with Gasteiger partial charge in [0.15, 0.2) is 5.92 Å². The largest absolute Gasteiger partial charge is 0.300 e. The summed E-state index contributed by atoms with van der Waals surface area (Å²) in [5.74, 6) is -0.653. The number of anilines is 1. The van der Waals surface area contributed by atoms with E-state index in [9.17, 15) is 10.1 Å². The molecule has 2 heterocycles. The average molecular weight is 338 g/mol. The van der Waals surface area contributed by atoms with Crippen molar-refractivity contribution in [3.63, 3.8) is 0 Å². The molecule has 5 heteroatoms. The first-order valence-electron chi connectivity index (χ1n) is 8.43. The molecule has 0 radical (unpaired) electrons. The number of nitrogens with zero attached hydrogens (tertiary/aromatic N) is 3. The quantitative estimate of drug-likeness (QED) is 0.573. The molecule has 0 fully saturated rings. The fraction of sp³-hybridized carbons (Fsp3) is 0.0952. The number of nitriles is 1. The summed E-state index contributed by atoms with van der Waals surface area (Å²) in [7, 11) is 0. The van der Waals surface area contributed by atoms with Crippen LogP contribution in [-0.2, 0) is 4.79 Å². The van der Waals surface area contributed by atoms with Crippen LogP contribution in [-0.4, -0.2) is 15.5 Å². The van der Waals surface area contributed by atoms with E-state index in [1.807, 2.05) is 71.3 Å². The van der Waals surface area contributed by atoms with Crippen molar-refractivity contribution in [2.75, 3.05) is 5.32 Å². The lowest BCUT2D eigenvalue weighted by Crippen LogP contribution is -2.37. The number of para-hydroxylation sites is 2. The smallest absolute Gasteiger partial charge is 0.246 e. The van der Waals surface area contributed by atoms with E-state index in [-0.39, 0.29) is 5.91 Å². The predicted molar refractivity (Wildman–Crippen MR) is 99.6 cm³/mol. The zero-order valence-corrected chi connectivity index (χ0v) is 13.8. The van der Waals surface area contributed by atoms with Gasteiger partial charge in [-0.1, -0.05) is 54.6 Å². The second-order valence-electron chi connectivity index (χ2n) is 6.40. The van der Waals surface area contributed by atoms with Gasteiger partial charge in [0.05, 0.1) is 23.1 Å². The third-order valence-electron chi connectivity index (χ3n) is 4.99. The van der Waals surface area contributed by atoms with Crippen molar-refractivity contribution < 1.29 is 4.79 Å². The molecule has 5 rings (SSSR count). The van der Waals surface area contributed by atoms with Crippen LogP contribution in [0.5, 0.6) is 0 Å². The summed E-state index contributed by atoms with van der Waals surface area (Å²) in [5, 5.41) is 14.7. The molecule has 1 aliphatic heterocycles. The van der Waals surface area contributed by atoms with Crippen LogP contribution in [0.25, 0.3) is 21.8 Å². The molecular weight excluding hydrogens is 324 g/mol. The molecule has 1 N–H and O–H groups in total. The second-order valence-corrected chi connectivity index (χ2v) is 6.40. The fourth-order valence-electron chi connectivity index (χ4n) is 3.85. The normalized spacial score (nSPS) is 19.1. The second kappa shape index (κ2) is 5.43. The first-order chi connectivity index (χ1) is 12.8. The van der Waals surface area contributed by atoms with E-state index >= 15 is 0 Å². The van der Waals surface area contributed by atoms with E-state index in [0.717, 1.165) is 27.4 Å². The maximum absolute atomic E-state index is 12.6. The molecule has 2 unspecified atom stereocenters. The van der Waals surface area contributed by atoms with Crippen molar-refractivity contribution in [3.8, 4) is 6.07 Å². The summed E-state index contributed by atoms with van der Waals surface area (Å²) >= 11 is 0. The van der Waals surface area contributed by atoms with E-state index in [1.165, 1.54) is 0 Å². The molecule has 1 amide bonds. The van der Waals surface area contributed by atoms with Crippen molar-refractivity contribution >= 4 is 33.7 Å². The molecule has 3 aromatic carbocycles. The molecule has 0 saturated heterocycles. The van der Waals surface area contributed by atoms with E-state index < -0.39 is 12.0 Å². The van der Waals surface area contributed by atoms with Crippen LogP contribution < -0.4 is 5.32 Å². The highest BCUT2D eigenvalue weighted by molar-refractivity contribution is 5.98. The molecule has 0 aliphatic carbocycles. The molecule has 5 nitrogen and oxygen atoms in total. The number of fused-ring (bicyclic) bond motifs is 4. The highest BCUT2D eigenvalue weighted by Crippen LogP contribution is 2.40. The van der Waals surface area contributed by atoms with E-state index in [0.29, 0.717) is 5.95 Å². The van der Waals surface area contributed by atoms with Gasteiger partial charge in [0.2, 0.25) is 11.9 Å². The zero-order valence-electron chi connectivity index (χ0n) is 13.8. The Labute approximate surface area is 149 Å². The summed E-state index contributed by atoms with van der Waals surface area (Å²) in [6, 6.07) is 23.5. The van der Waals surface area contributed by atoms with Gasteiger partial charge < -0.3 is 4.57 Å². The number of hydrogen-bond donors (Lipinski definition) is 1. The van der Waals surface area contributed by atoms with Gasteiger partial charge >= 0.3 is 0 Å². The number of imidazole rings is 1. The number of aromatic nitrogens is 2. The maximum atomic E-state index is 12.6. The Morgan fingerprint density at radius 3 is 2.65 bits per heavy atom. The number of rotatable bonds is 1. The predicted octanol–water partition coefficient (Wildman–Crippen LogP) is 3.87. The summed E-state index contributed by atoms with van der Waals surface area (Å²) in [5.41, 5.74) is 2.65. The van der Waals surface area contributed by atoms with Crippen LogP contribution in [0.2, 0.25) is 0 Å². The molecule has 0 spiro atoms. The average Bonchev–Trinajstić information content (AvgIpc) is 3.04. The van der Waals surface area contributed by atoms with Crippen molar-refractivity contribution in [2.24, 2.45) is 5.92 Å². The number of carbonyl (C=O) groups is 1. The number of benzene rings is 3. The SMILES string of the molecule is N#CC1C(=O)Nc2nc3ccccc3n2C1c1cccc2ccccc12. The Hall–Kier alpha value is -3.65. The van der Waals surface area contributed by atoms with Crippen LogP contribution in [0.15, 0.2) is 66.7 Å². The summed E-state index contributed by atoms with van der Waals surface area (Å²) < 4.78 is 1.98. The standard InChI is InChI=1S/C21H14N4O/c22-12-16-19(15-9-5-7-13-6-1-2-8-14(13)15)25-18-11-4-3-10-17(18)23-21(25)24-20(16)26/h1-11,16,19H,(H,23,24,26). The fourth-order valence-corrected chi connectivity index (χ4v) is 3.85. The maximum Gasteiger partial charge on any atom is 0.246 e. The lowest BCUT2D eigenvalue weighted by Gasteiger charge is -2.30. The first-order valence-corrected chi connectivity index (χ1v) is 8.43. The van der Waals surface area contributed by atoms with Gasteiger partial charge in [-0.05, 0) is 28.5 Å². The lowest BCUT2D eigenvalue weighted by atomic mass is 9.88. The molecule has 0 bridgehead atoms. The monoisotopic (exact) mass is 338 g/mol. The Bertz CT molecular complexity index is 1210. The highest BCUT2D eigenvalue weighted by Gasteiger charge is 2.39. The molecule has 1 aliphatic rings. The molecule has 4 aromatic rings. The van der Waals surface area contributed by atoms with Gasteiger partial charge in [-0.3, -0.25) is 10.1 Å². The van der Waals surface area contributed by atoms with Crippen molar-refractivity contribution in [1.82, 2.24) is 9.55 Å². The van der Waals surface area contributed by atoms with Gasteiger partial charge in [0.1, 0.15) is 0 Å². The van der Waals surface area contributed by atoms with Crippen molar-refractivity contribution in [3.05, 3.63) is 72.3 Å². The molecule has 124 valence electrons. The van der Waals surface area contributed by atoms with Gasteiger partial charge in [-0.2, -0.15) is 5.26 Å². The van der Waals surface area contributed by atoms with Gasteiger partial charge in [0.25, 0.3) is 0 Å². The summed E-state index contributed by atoms with van der Waals surface area (Å²) in [6.07, 6.45) is 0. The zero-order chi connectivity index (χ0) is 17.7. The summed E-state index contributed by atoms with van der Waals surface area (Å²) in [6.45, 7) is 0. The molecule has 0 saturated carbocycles. The van der Waals surface area contributed by atoms with Crippen molar-refractivity contribution in [2.45, 2.75) is 6.04 Å². The molecule has 26 heavy (non-hydrogen) atoms. The molecule has 2 atom stereocenters. The minimum atomic E-state index is -0.828. The Morgan fingerprint density at radius 2 is 1.77 bits per heavy atom. The minimum Gasteiger partial charge on any atom is -0.300 e. The van der Waals surface area contributed by atoms with Crippen LogP contribution in [0.1, 0.15) is 11.6 Å². The first kappa shape index (κ1) is 14.7. The Balaban J connectivity index is 1.87. The van der Waals surface area contributed by atoms with Gasteiger partial charge in [-0.15, -0.1) is 0 Å². The lowest BCUT2D eigenvalue weighted by molar-refractivity contribution is -0.119. The third-order valence-corrected chi connectivity index (χ3v) is 4.99. The van der Waals surface area contributed by atoms with Crippen LogP contribution in [0.4, 0.5) is 5.95 Å².